The fraction of sp³-hybridized carbons (Fsp3) is 0.462. The fourth-order valence-electron chi connectivity index (χ4n) is 1.70. The molecule has 0 aliphatic carbocycles. The van der Waals surface area contributed by atoms with E-state index in [-0.39, 0.29) is 0 Å². The highest BCUT2D eigenvalue weighted by molar-refractivity contribution is 5.73. The number of hydrogen-bond donors (Lipinski definition) is 2. The van der Waals surface area contributed by atoms with Gasteiger partial charge in [-0.1, -0.05) is 26.0 Å². The van der Waals surface area contributed by atoms with E-state index in [1.54, 1.807) is 7.11 Å². The Morgan fingerprint density at radius 1 is 1.47 bits per heavy atom. The average molecular weight is 237 g/mol. The first-order valence-corrected chi connectivity index (χ1v) is 5.61. The summed E-state index contributed by atoms with van der Waals surface area (Å²) in [7, 11) is 1.61. The monoisotopic (exact) mass is 237 g/mol. The predicted octanol–water partition coefficient (Wildman–Crippen LogP) is 1.77. The minimum atomic E-state index is -0.989. The maximum absolute atomic E-state index is 10.7. The van der Waals surface area contributed by atoms with E-state index in [4.69, 9.17) is 15.6 Å². The number of carboxylic acid groups (broad SMARTS) is 1. The Bertz CT molecular complexity index is 402. The van der Waals surface area contributed by atoms with Crippen LogP contribution in [0.4, 0.5) is 0 Å². The third kappa shape index (κ3) is 3.46. The van der Waals surface area contributed by atoms with E-state index in [1.807, 2.05) is 18.2 Å². The van der Waals surface area contributed by atoms with Crippen LogP contribution in [-0.2, 0) is 11.2 Å². The van der Waals surface area contributed by atoms with Crippen LogP contribution in [-0.4, -0.2) is 24.2 Å². The number of hydrogen-bond acceptors (Lipinski definition) is 3. The highest BCUT2D eigenvalue weighted by Gasteiger charge is 2.14. The number of aliphatic carboxylic acids is 1. The molecule has 0 aliphatic rings. The van der Waals surface area contributed by atoms with Crippen molar-refractivity contribution >= 4 is 5.97 Å². The van der Waals surface area contributed by atoms with Crippen molar-refractivity contribution in [1.29, 1.82) is 0 Å². The summed E-state index contributed by atoms with van der Waals surface area (Å²) in [6.45, 7) is 4.17. The number of rotatable bonds is 5. The molecule has 0 heterocycles. The molecule has 0 bridgehead atoms. The van der Waals surface area contributed by atoms with Crippen LogP contribution < -0.4 is 10.5 Å². The van der Waals surface area contributed by atoms with Gasteiger partial charge in [0.15, 0.2) is 0 Å². The Kier molecular flexibility index (Phi) is 4.52. The molecule has 4 nitrogen and oxygen atoms in total. The van der Waals surface area contributed by atoms with E-state index in [9.17, 15) is 4.79 Å². The smallest absolute Gasteiger partial charge is 0.320 e. The molecule has 0 spiro atoms. The molecule has 1 atom stereocenters. The molecular weight excluding hydrogens is 218 g/mol. The van der Waals surface area contributed by atoms with Crippen molar-refractivity contribution in [3.63, 3.8) is 0 Å². The van der Waals surface area contributed by atoms with Crippen molar-refractivity contribution in [3.05, 3.63) is 29.3 Å². The zero-order chi connectivity index (χ0) is 13.0. The standard InChI is InChI=1S/C13H19NO3/c1-8(2)10-5-4-9(7-12(10)17-3)6-11(14)13(15)16/h4-5,7-8,11H,6,14H2,1-3H3,(H,15,16). The van der Waals surface area contributed by atoms with Crippen molar-refractivity contribution < 1.29 is 14.6 Å². The largest absolute Gasteiger partial charge is 0.496 e. The van der Waals surface area contributed by atoms with E-state index in [1.165, 1.54) is 0 Å². The van der Waals surface area contributed by atoms with E-state index < -0.39 is 12.0 Å². The summed E-state index contributed by atoms with van der Waals surface area (Å²) in [5.74, 6) is 0.166. The van der Waals surface area contributed by atoms with Crippen LogP contribution in [0.25, 0.3) is 0 Å². The summed E-state index contributed by atoms with van der Waals surface area (Å²) < 4.78 is 5.30. The lowest BCUT2D eigenvalue weighted by molar-refractivity contribution is -0.138. The van der Waals surface area contributed by atoms with Crippen LogP contribution in [0.3, 0.4) is 0 Å². The van der Waals surface area contributed by atoms with Gasteiger partial charge < -0.3 is 15.6 Å². The summed E-state index contributed by atoms with van der Waals surface area (Å²) in [6, 6.07) is 4.86. The maximum atomic E-state index is 10.7. The molecule has 0 aliphatic heterocycles. The molecule has 0 saturated carbocycles. The van der Waals surface area contributed by atoms with E-state index in [0.29, 0.717) is 12.3 Å². The summed E-state index contributed by atoms with van der Waals surface area (Å²) in [4.78, 5) is 10.7. The molecular formula is C13H19NO3. The zero-order valence-corrected chi connectivity index (χ0v) is 10.4. The molecule has 1 unspecified atom stereocenters. The Morgan fingerprint density at radius 2 is 2.12 bits per heavy atom. The van der Waals surface area contributed by atoms with Gasteiger partial charge in [0.25, 0.3) is 0 Å². The fourth-order valence-corrected chi connectivity index (χ4v) is 1.70. The summed E-state index contributed by atoms with van der Waals surface area (Å²) in [6.07, 6.45) is 0.310. The van der Waals surface area contributed by atoms with E-state index in [2.05, 4.69) is 13.8 Å². The van der Waals surface area contributed by atoms with Crippen LogP contribution in [0.15, 0.2) is 18.2 Å². The summed E-state index contributed by atoms with van der Waals surface area (Å²) in [5.41, 5.74) is 7.48. The highest BCUT2D eigenvalue weighted by Crippen LogP contribution is 2.27. The molecule has 0 radical (unpaired) electrons. The van der Waals surface area contributed by atoms with Crippen molar-refractivity contribution in [3.8, 4) is 5.75 Å². The van der Waals surface area contributed by atoms with Crippen LogP contribution >= 0.6 is 0 Å². The van der Waals surface area contributed by atoms with Gasteiger partial charge in [-0.3, -0.25) is 4.79 Å². The van der Waals surface area contributed by atoms with Gasteiger partial charge in [-0.25, -0.2) is 0 Å². The molecule has 0 saturated heterocycles. The molecule has 1 aromatic rings. The first kappa shape index (κ1) is 13.5. The van der Waals surface area contributed by atoms with Gasteiger partial charge in [-0.05, 0) is 29.5 Å². The van der Waals surface area contributed by atoms with Crippen molar-refractivity contribution in [2.24, 2.45) is 5.73 Å². The van der Waals surface area contributed by atoms with Gasteiger partial charge in [-0.2, -0.15) is 0 Å². The molecule has 1 aromatic carbocycles. The van der Waals surface area contributed by atoms with Crippen LogP contribution in [0.5, 0.6) is 5.75 Å². The van der Waals surface area contributed by atoms with Gasteiger partial charge >= 0.3 is 5.97 Å². The van der Waals surface area contributed by atoms with Gasteiger partial charge in [0.05, 0.1) is 7.11 Å². The lowest BCUT2D eigenvalue weighted by Gasteiger charge is -2.14. The van der Waals surface area contributed by atoms with Crippen molar-refractivity contribution in [2.45, 2.75) is 32.2 Å². The third-order valence-electron chi connectivity index (χ3n) is 2.69. The molecule has 1 rings (SSSR count). The first-order chi connectivity index (χ1) is 7.95. The molecule has 17 heavy (non-hydrogen) atoms. The lowest BCUT2D eigenvalue weighted by atomic mass is 9.98. The number of benzene rings is 1. The summed E-state index contributed by atoms with van der Waals surface area (Å²) in [5, 5.41) is 8.76. The molecule has 0 amide bonds. The first-order valence-electron chi connectivity index (χ1n) is 5.61. The average Bonchev–Trinajstić information content (AvgIpc) is 2.28. The highest BCUT2D eigenvalue weighted by atomic mass is 16.5. The second-order valence-electron chi connectivity index (χ2n) is 4.38. The van der Waals surface area contributed by atoms with Gasteiger partial charge in [0, 0.05) is 0 Å². The topological polar surface area (TPSA) is 72.5 Å². The Balaban J connectivity index is 2.93. The minimum absolute atomic E-state index is 0.310. The quantitative estimate of drug-likeness (QED) is 0.818. The Labute approximate surface area is 101 Å². The number of nitrogens with two attached hydrogens (primary N) is 1. The number of carbonyl (C=O) groups is 1. The van der Waals surface area contributed by atoms with Crippen molar-refractivity contribution in [2.75, 3.05) is 7.11 Å². The third-order valence-corrected chi connectivity index (χ3v) is 2.69. The number of methoxy groups -OCH3 is 1. The zero-order valence-electron chi connectivity index (χ0n) is 10.4. The Morgan fingerprint density at radius 3 is 2.59 bits per heavy atom. The maximum Gasteiger partial charge on any atom is 0.320 e. The predicted molar refractivity (Wildman–Crippen MR) is 66.4 cm³/mol. The molecule has 0 aromatic heterocycles. The lowest BCUT2D eigenvalue weighted by Crippen LogP contribution is -2.32. The van der Waals surface area contributed by atoms with Crippen LogP contribution in [0.2, 0.25) is 0 Å². The molecule has 4 heteroatoms. The SMILES string of the molecule is COc1cc(CC(N)C(=O)O)ccc1C(C)C. The number of ether oxygens (including phenoxy) is 1. The molecule has 94 valence electrons. The second-order valence-corrected chi connectivity index (χ2v) is 4.38. The molecule has 3 N–H and O–H groups in total. The summed E-state index contributed by atoms with van der Waals surface area (Å²) >= 11 is 0. The molecule has 0 fully saturated rings. The van der Waals surface area contributed by atoms with Crippen molar-refractivity contribution in [1.82, 2.24) is 0 Å². The van der Waals surface area contributed by atoms with Crippen LogP contribution in [0, 0.1) is 0 Å². The van der Waals surface area contributed by atoms with Gasteiger partial charge in [0.1, 0.15) is 11.8 Å². The Hall–Kier alpha value is -1.55. The van der Waals surface area contributed by atoms with E-state index >= 15 is 0 Å². The normalized spacial score (nSPS) is 12.5. The van der Waals surface area contributed by atoms with E-state index in [0.717, 1.165) is 16.9 Å². The number of carboxylic acids is 1. The van der Waals surface area contributed by atoms with Crippen LogP contribution in [0.1, 0.15) is 30.9 Å². The second kappa shape index (κ2) is 5.68. The van der Waals surface area contributed by atoms with Gasteiger partial charge in [-0.15, -0.1) is 0 Å². The minimum Gasteiger partial charge on any atom is -0.496 e. The van der Waals surface area contributed by atoms with Gasteiger partial charge in [0.2, 0.25) is 0 Å².